The number of hydrogen-bond acceptors (Lipinski definition) is 0. The number of fused-ring (bicyclic) bond motifs is 3. The molecule has 3 rings (SSSR count). The molecule has 0 nitrogen and oxygen atoms in total. The van der Waals surface area contributed by atoms with Crippen molar-refractivity contribution in [3.8, 4) is 11.1 Å². The predicted molar refractivity (Wildman–Crippen MR) is 82.7 cm³/mol. The summed E-state index contributed by atoms with van der Waals surface area (Å²) in [5, 5.41) is 2.59. The summed E-state index contributed by atoms with van der Waals surface area (Å²) in [4.78, 5) is 0. The lowest BCUT2D eigenvalue weighted by Crippen LogP contribution is -2.15. The number of hydrogen-bond donors (Lipinski definition) is 0. The second-order valence-electron chi connectivity index (χ2n) is 5.16. The number of benzene rings is 2. The van der Waals surface area contributed by atoms with Crippen LogP contribution in [-0.2, 0) is 5.41 Å². The van der Waals surface area contributed by atoms with Crippen molar-refractivity contribution < 1.29 is 0 Å². The van der Waals surface area contributed by atoms with Gasteiger partial charge in [-0.15, -0.1) is 18.5 Å². The van der Waals surface area contributed by atoms with Crippen molar-refractivity contribution in [1.82, 2.24) is 0 Å². The van der Waals surface area contributed by atoms with Crippen molar-refractivity contribution in [3.63, 3.8) is 0 Å². The highest BCUT2D eigenvalue weighted by Crippen LogP contribution is 2.47. The highest BCUT2D eigenvalue weighted by molar-refractivity contribution is 7.29. The van der Waals surface area contributed by atoms with Crippen molar-refractivity contribution in [2.24, 2.45) is 0 Å². The van der Waals surface area contributed by atoms with Crippen molar-refractivity contribution in [2.45, 2.75) is 19.3 Å². The lowest BCUT2D eigenvalue weighted by molar-refractivity contribution is 0.661. The Morgan fingerprint density at radius 1 is 0.765 bits per heavy atom. The van der Waals surface area contributed by atoms with Crippen LogP contribution in [0.4, 0.5) is 0 Å². The van der Waals surface area contributed by atoms with Gasteiger partial charge in [0.2, 0.25) is 0 Å². The molecule has 0 radical (unpaired) electrons. The van der Waals surface area contributed by atoms with Gasteiger partial charge in [-0.25, -0.2) is 0 Å². The van der Waals surface area contributed by atoms with Crippen molar-refractivity contribution in [1.29, 1.82) is 0 Å². The van der Waals surface area contributed by atoms with Gasteiger partial charge in [-0.1, -0.05) is 50.2 Å². The minimum atomic E-state index is 0.115. The fourth-order valence-electron chi connectivity index (χ4n) is 2.89. The second-order valence-corrected chi connectivity index (χ2v) is 6.41. The summed E-state index contributed by atoms with van der Waals surface area (Å²) in [7, 11) is 5.74. The molecule has 0 saturated carbocycles. The van der Waals surface area contributed by atoms with Crippen molar-refractivity contribution in [2.75, 3.05) is 0 Å². The standard InChI is InChI=1S/C15H16P2/c1-15(2)9-5-3-7-11(16)13(9)14-10(15)6-4-8-12(14)17/h3-8H,16-17H2,1-2H3. The van der Waals surface area contributed by atoms with E-state index in [0.717, 1.165) is 0 Å². The second kappa shape index (κ2) is 3.64. The maximum atomic E-state index is 2.87. The minimum absolute atomic E-state index is 0.115. The van der Waals surface area contributed by atoms with Gasteiger partial charge in [0.15, 0.2) is 0 Å². The van der Waals surface area contributed by atoms with E-state index in [4.69, 9.17) is 0 Å². The van der Waals surface area contributed by atoms with Gasteiger partial charge in [0, 0.05) is 5.41 Å². The van der Waals surface area contributed by atoms with Gasteiger partial charge in [0.1, 0.15) is 0 Å². The SMILES string of the molecule is CC1(C)c2cccc(P)c2-c2c(P)cccc21. The fourth-order valence-corrected chi connectivity index (χ4v) is 3.71. The smallest absolute Gasteiger partial charge is 0.0159 e. The minimum Gasteiger partial charge on any atom is -0.105 e. The first kappa shape index (κ1) is 11.4. The average molecular weight is 258 g/mol. The zero-order valence-corrected chi connectivity index (χ0v) is 12.4. The third-order valence-electron chi connectivity index (χ3n) is 3.79. The summed E-state index contributed by atoms with van der Waals surface area (Å²) in [5.74, 6) is 0. The molecular formula is C15H16P2. The van der Waals surface area contributed by atoms with Crippen LogP contribution in [0, 0.1) is 0 Å². The molecule has 0 aromatic heterocycles. The molecule has 0 aliphatic heterocycles. The quantitative estimate of drug-likeness (QED) is 0.637. The Labute approximate surface area is 107 Å². The van der Waals surface area contributed by atoms with Crippen LogP contribution in [0.2, 0.25) is 0 Å². The van der Waals surface area contributed by atoms with E-state index in [1.165, 1.54) is 32.9 Å². The van der Waals surface area contributed by atoms with E-state index in [1.54, 1.807) is 0 Å². The molecule has 0 spiro atoms. The molecule has 0 N–H and O–H groups in total. The Balaban J connectivity index is 2.49. The normalized spacial score (nSPS) is 15.5. The summed E-state index contributed by atoms with van der Waals surface area (Å²) < 4.78 is 0. The van der Waals surface area contributed by atoms with Crippen LogP contribution in [-0.4, -0.2) is 0 Å². The average Bonchev–Trinajstić information content (AvgIpc) is 2.52. The van der Waals surface area contributed by atoms with Crippen LogP contribution in [0.3, 0.4) is 0 Å². The van der Waals surface area contributed by atoms with Crippen LogP contribution in [0.15, 0.2) is 36.4 Å². The zero-order chi connectivity index (χ0) is 12.2. The van der Waals surface area contributed by atoms with Crippen LogP contribution in [0.1, 0.15) is 25.0 Å². The maximum absolute atomic E-state index is 2.87. The molecule has 0 heterocycles. The van der Waals surface area contributed by atoms with Gasteiger partial charge < -0.3 is 0 Å². The lowest BCUT2D eigenvalue weighted by atomic mass is 9.82. The van der Waals surface area contributed by atoms with Crippen molar-refractivity contribution in [3.05, 3.63) is 47.5 Å². The van der Waals surface area contributed by atoms with Gasteiger partial charge in [-0.3, -0.25) is 0 Å². The Bertz CT molecular complexity index is 559. The first-order chi connectivity index (χ1) is 8.03. The molecule has 1 aliphatic rings. The van der Waals surface area contributed by atoms with Gasteiger partial charge in [-0.2, -0.15) is 0 Å². The topological polar surface area (TPSA) is 0 Å². The van der Waals surface area contributed by atoms with Gasteiger partial charge in [-0.05, 0) is 32.9 Å². The molecular weight excluding hydrogens is 242 g/mol. The lowest BCUT2D eigenvalue weighted by Gasteiger charge is -2.21. The fraction of sp³-hybridized carbons (Fsp3) is 0.200. The molecule has 0 amide bonds. The molecule has 0 saturated heterocycles. The molecule has 0 bridgehead atoms. The van der Waals surface area contributed by atoms with E-state index in [0.29, 0.717) is 0 Å². The summed E-state index contributed by atoms with van der Waals surface area (Å²) in [5.41, 5.74) is 5.81. The van der Waals surface area contributed by atoms with Crippen LogP contribution in [0.5, 0.6) is 0 Å². The first-order valence-electron chi connectivity index (χ1n) is 5.82. The molecule has 17 heavy (non-hydrogen) atoms. The van der Waals surface area contributed by atoms with E-state index < -0.39 is 0 Å². The highest BCUT2D eigenvalue weighted by atomic mass is 31.0. The van der Waals surface area contributed by atoms with E-state index in [9.17, 15) is 0 Å². The monoisotopic (exact) mass is 258 g/mol. The Kier molecular flexibility index (Phi) is 2.44. The maximum Gasteiger partial charge on any atom is 0.0159 e. The third kappa shape index (κ3) is 1.44. The van der Waals surface area contributed by atoms with Crippen LogP contribution >= 0.6 is 18.5 Å². The van der Waals surface area contributed by atoms with Gasteiger partial charge >= 0.3 is 0 Å². The molecule has 0 fully saturated rings. The largest absolute Gasteiger partial charge is 0.105 e. The van der Waals surface area contributed by atoms with Crippen molar-refractivity contribution >= 4 is 29.1 Å². The molecule has 2 heteroatoms. The van der Waals surface area contributed by atoms with Gasteiger partial charge in [0.05, 0.1) is 0 Å². The van der Waals surface area contributed by atoms with Gasteiger partial charge in [0.25, 0.3) is 0 Å². The third-order valence-corrected chi connectivity index (χ3v) is 4.75. The Morgan fingerprint density at radius 2 is 1.18 bits per heavy atom. The zero-order valence-electron chi connectivity index (χ0n) is 10.1. The summed E-state index contributed by atoms with van der Waals surface area (Å²) in [6.45, 7) is 4.62. The summed E-state index contributed by atoms with van der Waals surface area (Å²) >= 11 is 0. The first-order valence-corrected chi connectivity index (χ1v) is 6.97. The molecule has 2 aromatic rings. The molecule has 1 aliphatic carbocycles. The van der Waals surface area contributed by atoms with E-state index in [1.807, 2.05) is 0 Å². The Hall–Kier alpha value is -0.700. The predicted octanol–water partition coefficient (Wildman–Crippen LogP) is 2.99. The van der Waals surface area contributed by atoms with E-state index in [2.05, 4.69) is 68.7 Å². The summed E-state index contributed by atoms with van der Waals surface area (Å²) in [6.07, 6.45) is 0. The van der Waals surface area contributed by atoms with Crippen LogP contribution in [0.25, 0.3) is 11.1 Å². The molecule has 86 valence electrons. The number of rotatable bonds is 0. The Morgan fingerprint density at radius 3 is 1.59 bits per heavy atom. The highest BCUT2D eigenvalue weighted by Gasteiger charge is 2.36. The van der Waals surface area contributed by atoms with E-state index >= 15 is 0 Å². The molecule has 2 atom stereocenters. The summed E-state index contributed by atoms with van der Waals surface area (Å²) in [6, 6.07) is 13.2. The van der Waals surface area contributed by atoms with E-state index in [-0.39, 0.29) is 5.41 Å². The molecule has 2 aromatic carbocycles. The molecule has 2 unspecified atom stereocenters. The van der Waals surface area contributed by atoms with Crippen LogP contribution < -0.4 is 10.6 Å².